The number of aliphatic hydroxyl groups is 1. The van der Waals surface area contributed by atoms with Crippen molar-refractivity contribution in [1.82, 2.24) is 10.0 Å². The van der Waals surface area contributed by atoms with Crippen LogP contribution in [-0.2, 0) is 11.9 Å². The molecule has 1 amide bonds. The number of benzene rings is 1. The summed E-state index contributed by atoms with van der Waals surface area (Å²) in [5, 5.41) is 11.5. The zero-order chi connectivity index (χ0) is 18.6. The minimum atomic E-state index is -0.623. The van der Waals surface area contributed by atoms with Gasteiger partial charge >= 0.3 is 0 Å². The van der Waals surface area contributed by atoms with Crippen molar-refractivity contribution in [2.45, 2.75) is 13.8 Å². The highest BCUT2D eigenvalue weighted by Gasteiger charge is 2.19. The molecular weight excluding hydrogens is 329 g/mol. The Morgan fingerprint density at radius 2 is 2.08 bits per heavy atom. The predicted octanol–water partition coefficient (Wildman–Crippen LogP) is 1.54. The lowest BCUT2D eigenvalue weighted by Crippen LogP contribution is -2.29. The summed E-state index contributed by atoms with van der Waals surface area (Å²) in [6.45, 7) is 2.97. The van der Waals surface area contributed by atoms with Crippen LogP contribution in [0.5, 0.6) is 0 Å². The Morgan fingerprint density at radius 3 is 2.72 bits per heavy atom. The van der Waals surface area contributed by atoms with Crippen LogP contribution < -0.4 is 16.4 Å². The molecule has 0 saturated heterocycles. The average Bonchev–Trinajstić information content (AvgIpc) is 2.57. The second-order valence-corrected chi connectivity index (χ2v) is 5.57. The zero-order valence-corrected chi connectivity index (χ0v) is 14.2. The molecule has 0 unspecified atom stereocenters. The van der Waals surface area contributed by atoms with Crippen molar-refractivity contribution >= 4 is 17.3 Å². The SMILES string of the molecule is Cc1ccc(Nc2c(C(=O)NOCCO)cn(C)c(=O)c2C)c(F)c1. The van der Waals surface area contributed by atoms with Gasteiger partial charge < -0.3 is 15.0 Å². The van der Waals surface area contributed by atoms with Crippen LogP contribution in [0, 0.1) is 19.7 Å². The van der Waals surface area contributed by atoms with E-state index in [1.54, 1.807) is 19.9 Å². The van der Waals surface area contributed by atoms with Crippen LogP contribution in [0.1, 0.15) is 21.5 Å². The molecule has 8 heteroatoms. The van der Waals surface area contributed by atoms with Gasteiger partial charge in [0.05, 0.1) is 30.2 Å². The first-order valence-electron chi connectivity index (χ1n) is 7.61. The maximum Gasteiger partial charge on any atom is 0.278 e. The number of hydrogen-bond donors (Lipinski definition) is 3. The van der Waals surface area contributed by atoms with Gasteiger partial charge in [0.15, 0.2) is 0 Å². The molecule has 0 fully saturated rings. The van der Waals surface area contributed by atoms with Crippen LogP contribution in [0.3, 0.4) is 0 Å². The van der Waals surface area contributed by atoms with E-state index in [2.05, 4.69) is 10.8 Å². The van der Waals surface area contributed by atoms with Gasteiger partial charge in [-0.25, -0.2) is 9.87 Å². The summed E-state index contributed by atoms with van der Waals surface area (Å²) in [5.41, 5.74) is 3.31. The molecule has 3 N–H and O–H groups in total. The van der Waals surface area contributed by atoms with E-state index in [-0.39, 0.29) is 41.3 Å². The fourth-order valence-corrected chi connectivity index (χ4v) is 2.30. The Morgan fingerprint density at radius 1 is 1.36 bits per heavy atom. The lowest BCUT2D eigenvalue weighted by Gasteiger charge is -2.16. The molecule has 0 radical (unpaired) electrons. The van der Waals surface area contributed by atoms with Crippen molar-refractivity contribution in [3.8, 4) is 0 Å². The Labute approximate surface area is 144 Å². The molecule has 2 aromatic rings. The molecule has 0 aliphatic rings. The van der Waals surface area contributed by atoms with Crippen molar-refractivity contribution < 1.29 is 19.1 Å². The van der Waals surface area contributed by atoms with E-state index in [1.807, 2.05) is 0 Å². The van der Waals surface area contributed by atoms with Crippen molar-refractivity contribution in [3.05, 3.63) is 57.3 Å². The summed E-state index contributed by atoms with van der Waals surface area (Å²) in [4.78, 5) is 29.3. The Bertz CT molecular complexity index is 849. The largest absolute Gasteiger partial charge is 0.394 e. The third-order valence-corrected chi connectivity index (χ3v) is 3.60. The Balaban J connectivity index is 2.45. The van der Waals surface area contributed by atoms with Gasteiger partial charge in [-0.05, 0) is 31.5 Å². The lowest BCUT2D eigenvalue weighted by atomic mass is 10.1. The van der Waals surface area contributed by atoms with Crippen molar-refractivity contribution in [2.24, 2.45) is 7.05 Å². The number of hydrogen-bond acceptors (Lipinski definition) is 5. The standard InChI is InChI=1S/C17H20FN3O4/c1-10-4-5-14(13(18)8-10)19-15-11(2)17(24)21(3)9-12(15)16(23)20-25-7-6-22/h4-5,8-9,19,22H,6-7H2,1-3H3,(H,20,23). The van der Waals surface area contributed by atoms with Gasteiger partial charge in [0.2, 0.25) is 0 Å². The number of amides is 1. The first-order chi connectivity index (χ1) is 11.8. The molecule has 25 heavy (non-hydrogen) atoms. The maximum absolute atomic E-state index is 14.1. The van der Waals surface area contributed by atoms with E-state index < -0.39 is 11.7 Å². The van der Waals surface area contributed by atoms with E-state index in [0.29, 0.717) is 0 Å². The van der Waals surface area contributed by atoms with Gasteiger partial charge in [0, 0.05) is 18.8 Å². The molecule has 0 atom stereocenters. The maximum atomic E-state index is 14.1. The fraction of sp³-hybridized carbons (Fsp3) is 0.294. The molecule has 1 aromatic carbocycles. The smallest absolute Gasteiger partial charge is 0.278 e. The van der Waals surface area contributed by atoms with Gasteiger partial charge in [-0.1, -0.05) is 6.07 Å². The quantitative estimate of drug-likeness (QED) is 0.543. The summed E-state index contributed by atoms with van der Waals surface area (Å²) in [5.74, 6) is -1.12. The van der Waals surface area contributed by atoms with Crippen LogP contribution in [0.4, 0.5) is 15.8 Å². The number of rotatable bonds is 6. The molecule has 0 spiro atoms. The van der Waals surface area contributed by atoms with Gasteiger partial charge in [-0.3, -0.25) is 14.4 Å². The van der Waals surface area contributed by atoms with Gasteiger partial charge in [-0.2, -0.15) is 0 Å². The summed E-state index contributed by atoms with van der Waals surface area (Å²) >= 11 is 0. The molecular formula is C17H20FN3O4. The number of hydroxylamine groups is 1. The molecule has 2 rings (SSSR count). The second kappa shape index (κ2) is 7.91. The van der Waals surface area contributed by atoms with Gasteiger partial charge in [0.25, 0.3) is 11.5 Å². The van der Waals surface area contributed by atoms with Crippen LogP contribution in [-0.4, -0.2) is 28.8 Å². The lowest BCUT2D eigenvalue weighted by molar-refractivity contribution is 0.0168. The second-order valence-electron chi connectivity index (χ2n) is 5.57. The number of nitrogens with zero attached hydrogens (tertiary/aromatic N) is 1. The summed E-state index contributed by atoms with van der Waals surface area (Å²) in [6.07, 6.45) is 1.33. The van der Waals surface area contributed by atoms with E-state index in [1.165, 1.54) is 29.9 Å². The van der Waals surface area contributed by atoms with Gasteiger partial charge in [0.1, 0.15) is 5.82 Å². The number of aromatic nitrogens is 1. The third-order valence-electron chi connectivity index (χ3n) is 3.60. The number of halogens is 1. The number of pyridine rings is 1. The normalized spacial score (nSPS) is 10.6. The molecule has 0 aliphatic carbocycles. The van der Waals surface area contributed by atoms with Crippen LogP contribution in [0.15, 0.2) is 29.2 Å². The molecule has 1 aromatic heterocycles. The Kier molecular flexibility index (Phi) is 5.89. The van der Waals surface area contributed by atoms with E-state index in [4.69, 9.17) is 9.94 Å². The van der Waals surface area contributed by atoms with Crippen LogP contribution in [0.2, 0.25) is 0 Å². The highest BCUT2D eigenvalue weighted by atomic mass is 19.1. The minimum absolute atomic E-state index is 0.0775. The number of nitrogens with one attached hydrogen (secondary N) is 2. The van der Waals surface area contributed by atoms with Crippen molar-refractivity contribution in [2.75, 3.05) is 18.5 Å². The summed E-state index contributed by atoms with van der Waals surface area (Å²) in [6, 6.07) is 4.60. The number of anilines is 2. The first-order valence-corrected chi connectivity index (χ1v) is 7.61. The van der Waals surface area contributed by atoms with Crippen LogP contribution in [0.25, 0.3) is 0 Å². The molecule has 0 saturated carbocycles. The molecule has 0 bridgehead atoms. The Hall–Kier alpha value is -2.71. The molecule has 7 nitrogen and oxygen atoms in total. The molecule has 134 valence electrons. The first kappa shape index (κ1) is 18.6. The van der Waals surface area contributed by atoms with E-state index >= 15 is 0 Å². The zero-order valence-electron chi connectivity index (χ0n) is 14.2. The highest BCUT2D eigenvalue weighted by Crippen LogP contribution is 2.25. The van der Waals surface area contributed by atoms with Crippen molar-refractivity contribution in [3.63, 3.8) is 0 Å². The topological polar surface area (TPSA) is 92.6 Å². The number of carbonyl (C=O) groups is 1. The summed E-state index contributed by atoms with van der Waals surface area (Å²) in [7, 11) is 1.51. The summed E-state index contributed by atoms with van der Waals surface area (Å²) < 4.78 is 15.4. The number of aliphatic hydroxyl groups excluding tert-OH is 1. The highest BCUT2D eigenvalue weighted by molar-refractivity contribution is 6.00. The monoisotopic (exact) mass is 349 g/mol. The van der Waals surface area contributed by atoms with Gasteiger partial charge in [-0.15, -0.1) is 0 Å². The van der Waals surface area contributed by atoms with E-state index in [0.717, 1.165) is 5.56 Å². The van der Waals surface area contributed by atoms with Crippen molar-refractivity contribution in [1.29, 1.82) is 0 Å². The third kappa shape index (κ3) is 4.23. The molecule has 1 heterocycles. The minimum Gasteiger partial charge on any atom is -0.394 e. The van der Waals surface area contributed by atoms with Crippen LogP contribution >= 0.6 is 0 Å². The number of aryl methyl sites for hydroxylation is 2. The molecule has 0 aliphatic heterocycles. The predicted molar refractivity (Wildman–Crippen MR) is 91.3 cm³/mol. The number of carbonyl (C=O) groups excluding carboxylic acids is 1. The van der Waals surface area contributed by atoms with E-state index in [9.17, 15) is 14.0 Å². The fourth-order valence-electron chi connectivity index (χ4n) is 2.30. The average molecular weight is 349 g/mol.